The van der Waals surface area contributed by atoms with Gasteiger partial charge in [-0.3, -0.25) is 0 Å². The molecule has 1 aromatic carbocycles. The van der Waals surface area contributed by atoms with Crippen molar-refractivity contribution in [3.8, 4) is 5.75 Å². The molecule has 2 rings (SSSR count). The topological polar surface area (TPSA) is 34.5 Å². The van der Waals surface area contributed by atoms with Crippen LogP contribution in [0.2, 0.25) is 0 Å². The number of rotatable bonds is 4. The zero-order valence-electron chi connectivity index (χ0n) is 9.04. The molecule has 0 aliphatic heterocycles. The van der Waals surface area contributed by atoms with Gasteiger partial charge >= 0.3 is 0 Å². The van der Waals surface area contributed by atoms with Gasteiger partial charge in [-0.2, -0.15) is 4.99 Å². The van der Waals surface area contributed by atoms with Gasteiger partial charge < -0.3 is 4.74 Å². The number of aliphatic imine (C=N–C) groups is 1. The van der Waals surface area contributed by atoms with Gasteiger partial charge in [0.1, 0.15) is 6.61 Å². The molecule has 0 aliphatic rings. The first-order chi connectivity index (χ1) is 8.40. The Morgan fingerprint density at radius 1 is 1.18 bits per heavy atom. The molecule has 1 heterocycles. The molecular weight excluding hydrogens is 232 g/mol. The van der Waals surface area contributed by atoms with Crippen molar-refractivity contribution in [2.75, 3.05) is 0 Å². The van der Waals surface area contributed by atoms with E-state index in [1.165, 1.54) is 0 Å². The highest BCUT2D eigenvalue weighted by molar-refractivity contribution is 7.78. The molecule has 0 aliphatic carbocycles. The van der Waals surface area contributed by atoms with Crippen molar-refractivity contribution in [3.05, 3.63) is 54.2 Å². The third-order valence-corrected chi connectivity index (χ3v) is 2.23. The molecule has 0 spiro atoms. The van der Waals surface area contributed by atoms with E-state index >= 15 is 0 Å². The van der Waals surface area contributed by atoms with E-state index in [-0.39, 0.29) is 0 Å². The summed E-state index contributed by atoms with van der Waals surface area (Å²) in [5.74, 6) is 1.06. The first-order valence-corrected chi connectivity index (χ1v) is 5.50. The summed E-state index contributed by atoms with van der Waals surface area (Å²) >= 11 is 4.56. The predicted molar refractivity (Wildman–Crippen MR) is 69.7 cm³/mol. The van der Waals surface area contributed by atoms with Crippen molar-refractivity contribution >= 4 is 23.2 Å². The van der Waals surface area contributed by atoms with Crippen LogP contribution in [0.25, 0.3) is 0 Å². The van der Waals surface area contributed by atoms with Crippen LogP contribution >= 0.6 is 12.2 Å². The Bertz CT molecular complexity index is 536. The van der Waals surface area contributed by atoms with Crippen LogP contribution in [-0.4, -0.2) is 10.1 Å². The largest absolute Gasteiger partial charge is 0.485 e. The standard InChI is InChI=1S/C13H10N2OS/c17-10-15-13-12(7-4-8-14-13)16-9-11-5-2-1-3-6-11/h1-8H,9H2. The average molecular weight is 242 g/mol. The summed E-state index contributed by atoms with van der Waals surface area (Å²) in [6.45, 7) is 0.479. The maximum atomic E-state index is 5.63. The van der Waals surface area contributed by atoms with Gasteiger partial charge in [0, 0.05) is 6.20 Å². The summed E-state index contributed by atoms with van der Waals surface area (Å²) in [4.78, 5) is 7.91. The minimum atomic E-state index is 0.457. The Balaban J connectivity index is 2.11. The van der Waals surface area contributed by atoms with Crippen molar-refractivity contribution in [1.29, 1.82) is 0 Å². The van der Waals surface area contributed by atoms with Crippen LogP contribution in [-0.2, 0) is 6.61 Å². The lowest BCUT2D eigenvalue weighted by atomic mass is 10.2. The maximum Gasteiger partial charge on any atom is 0.204 e. The van der Waals surface area contributed by atoms with Gasteiger partial charge in [0.2, 0.25) is 5.82 Å². The van der Waals surface area contributed by atoms with E-state index in [0.717, 1.165) is 5.56 Å². The number of benzene rings is 1. The lowest BCUT2D eigenvalue weighted by molar-refractivity contribution is 0.306. The molecule has 17 heavy (non-hydrogen) atoms. The molecular formula is C13H10N2OS. The number of aromatic nitrogens is 1. The number of thiocarbonyl (C=S) groups is 1. The van der Waals surface area contributed by atoms with E-state index in [1.54, 1.807) is 18.3 Å². The molecule has 0 N–H and O–H groups in total. The second kappa shape index (κ2) is 5.89. The second-order valence-corrected chi connectivity index (χ2v) is 3.49. The zero-order chi connectivity index (χ0) is 11.9. The molecule has 0 radical (unpaired) electrons. The number of isothiocyanates is 1. The van der Waals surface area contributed by atoms with Crippen molar-refractivity contribution in [3.63, 3.8) is 0 Å². The van der Waals surface area contributed by atoms with E-state index in [4.69, 9.17) is 4.74 Å². The summed E-state index contributed by atoms with van der Waals surface area (Å²) in [5, 5.41) is 2.29. The fourth-order valence-electron chi connectivity index (χ4n) is 1.36. The Morgan fingerprint density at radius 3 is 2.76 bits per heavy atom. The van der Waals surface area contributed by atoms with Crippen LogP contribution in [0.15, 0.2) is 53.7 Å². The summed E-state index contributed by atoms with van der Waals surface area (Å²) in [6, 6.07) is 13.5. The van der Waals surface area contributed by atoms with Gasteiger partial charge in [-0.05, 0) is 29.9 Å². The first-order valence-electron chi connectivity index (χ1n) is 5.10. The van der Waals surface area contributed by atoms with E-state index in [0.29, 0.717) is 18.2 Å². The summed E-state index contributed by atoms with van der Waals surface area (Å²) in [6.07, 6.45) is 1.64. The molecule has 0 atom stereocenters. The van der Waals surface area contributed by atoms with Crippen molar-refractivity contribution in [2.45, 2.75) is 6.61 Å². The number of hydrogen-bond donors (Lipinski definition) is 0. The molecule has 0 saturated heterocycles. The minimum Gasteiger partial charge on any atom is -0.485 e. The number of hydrogen-bond acceptors (Lipinski definition) is 4. The van der Waals surface area contributed by atoms with E-state index in [1.807, 2.05) is 30.3 Å². The molecule has 0 bridgehead atoms. The fraction of sp³-hybridized carbons (Fsp3) is 0.0769. The van der Waals surface area contributed by atoms with Gasteiger partial charge in [-0.1, -0.05) is 30.3 Å². The lowest BCUT2D eigenvalue weighted by Gasteiger charge is -2.06. The molecule has 0 unspecified atom stereocenters. The van der Waals surface area contributed by atoms with E-state index < -0.39 is 0 Å². The van der Waals surface area contributed by atoms with Crippen LogP contribution in [0.5, 0.6) is 5.75 Å². The van der Waals surface area contributed by atoms with Gasteiger partial charge in [0.25, 0.3) is 0 Å². The molecule has 2 aromatic rings. The maximum absolute atomic E-state index is 5.63. The Hall–Kier alpha value is -2.03. The Labute approximate surface area is 105 Å². The highest BCUT2D eigenvalue weighted by atomic mass is 32.1. The van der Waals surface area contributed by atoms with Crippen molar-refractivity contribution < 1.29 is 4.74 Å². The SMILES string of the molecule is S=C=Nc1ncccc1OCc1ccccc1. The Kier molecular flexibility index (Phi) is 3.97. The van der Waals surface area contributed by atoms with Crippen LogP contribution in [0, 0.1) is 0 Å². The van der Waals surface area contributed by atoms with Crippen molar-refractivity contribution in [1.82, 2.24) is 4.98 Å². The van der Waals surface area contributed by atoms with Crippen LogP contribution < -0.4 is 4.74 Å². The van der Waals surface area contributed by atoms with Crippen LogP contribution in [0.4, 0.5) is 5.82 Å². The van der Waals surface area contributed by atoms with Gasteiger partial charge in [0.05, 0.1) is 5.16 Å². The quantitative estimate of drug-likeness (QED) is 0.608. The van der Waals surface area contributed by atoms with E-state index in [9.17, 15) is 0 Å². The first kappa shape index (κ1) is 11.5. The highest BCUT2D eigenvalue weighted by Crippen LogP contribution is 2.24. The molecule has 4 heteroatoms. The van der Waals surface area contributed by atoms with Crippen LogP contribution in [0.3, 0.4) is 0 Å². The fourth-order valence-corrected chi connectivity index (χ4v) is 1.44. The third kappa shape index (κ3) is 3.21. The molecule has 84 valence electrons. The average Bonchev–Trinajstić information content (AvgIpc) is 2.39. The zero-order valence-corrected chi connectivity index (χ0v) is 9.85. The summed E-state index contributed by atoms with van der Waals surface area (Å²) < 4.78 is 5.63. The smallest absolute Gasteiger partial charge is 0.204 e. The Morgan fingerprint density at radius 2 is 2.00 bits per heavy atom. The lowest BCUT2D eigenvalue weighted by Crippen LogP contribution is -1.95. The molecule has 0 saturated carbocycles. The predicted octanol–water partition coefficient (Wildman–Crippen LogP) is 3.39. The number of pyridine rings is 1. The molecule has 1 aromatic heterocycles. The van der Waals surface area contributed by atoms with Gasteiger partial charge in [-0.15, -0.1) is 0 Å². The monoisotopic (exact) mass is 242 g/mol. The van der Waals surface area contributed by atoms with Crippen molar-refractivity contribution in [2.24, 2.45) is 4.99 Å². The molecule has 0 amide bonds. The third-order valence-electron chi connectivity index (χ3n) is 2.14. The number of nitrogens with zero attached hydrogens (tertiary/aromatic N) is 2. The second-order valence-electron chi connectivity index (χ2n) is 3.30. The van der Waals surface area contributed by atoms with Crippen LogP contribution in [0.1, 0.15) is 5.56 Å². The normalized spacial score (nSPS) is 9.41. The highest BCUT2D eigenvalue weighted by Gasteiger charge is 2.02. The van der Waals surface area contributed by atoms with Gasteiger partial charge in [-0.25, -0.2) is 4.98 Å². The number of ether oxygens (including phenoxy) is 1. The van der Waals surface area contributed by atoms with Gasteiger partial charge in [0.15, 0.2) is 5.75 Å². The summed E-state index contributed by atoms with van der Waals surface area (Å²) in [5.41, 5.74) is 1.09. The van der Waals surface area contributed by atoms with E-state index in [2.05, 4.69) is 27.4 Å². The molecule has 3 nitrogen and oxygen atoms in total. The molecule has 0 fully saturated rings. The summed E-state index contributed by atoms with van der Waals surface area (Å²) in [7, 11) is 0. The minimum absolute atomic E-state index is 0.457.